The van der Waals surface area contributed by atoms with Crippen molar-refractivity contribution in [2.24, 2.45) is 0 Å². The van der Waals surface area contributed by atoms with Crippen LogP contribution in [0.25, 0.3) is 45.0 Å². The predicted octanol–water partition coefficient (Wildman–Crippen LogP) is 13.1. The first-order chi connectivity index (χ1) is 32.2. The summed E-state index contributed by atoms with van der Waals surface area (Å²) in [6.07, 6.45) is 0.269. The van der Waals surface area contributed by atoms with Crippen LogP contribution in [-0.4, -0.2) is 77.0 Å². The van der Waals surface area contributed by atoms with E-state index >= 15 is 0 Å². The second-order valence-electron chi connectivity index (χ2n) is 20.2. The van der Waals surface area contributed by atoms with Crippen LogP contribution in [0.2, 0.25) is 0 Å². The van der Waals surface area contributed by atoms with E-state index in [0.29, 0.717) is 48.0 Å². The summed E-state index contributed by atoms with van der Waals surface area (Å²) >= 11 is 3.03. The van der Waals surface area contributed by atoms with Gasteiger partial charge in [-0.25, -0.2) is 9.97 Å². The first kappa shape index (κ1) is 50.7. The first-order valence-electron chi connectivity index (χ1n) is 23.9. The van der Waals surface area contributed by atoms with Gasteiger partial charge in [-0.3, -0.25) is 9.59 Å². The van der Waals surface area contributed by atoms with E-state index in [1.807, 2.05) is 0 Å². The highest BCUT2D eigenvalue weighted by molar-refractivity contribution is 7.99. The third kappa shape index (κ3) is 13.1. The first-order valence-corrected chi connectivity index (χ1v) is 25.9. The van der Waals surface area contributed by atoms with Crippen LogP contribution in [0.4, 0.5) is 0 Å². The van der Waals surface area contributed by atoms with Crippen molar-refractivity contribution in [3.05, 3.63) is 119 Å². The van der Waals surface area contributed by atoms with Crippen molar-refractivity contribution in [2.75, 3.05) is 11.5 Å². The smallest absolute Gasteiger partial charge is 0.309 e. The molecule has 2 aliphatic heterocycles. The van der Waals surface area contributed by atoms with E-state index in [4.69, 9.17) is 19.4 Å². The van der Waals surface area contributed by atoms with Gasteiger partial charge in [-0.15, -0.1) is 0 Å². The molecular formula is C56H68N4O6S2. The number of aliphatic hydroxyl groups is 2. The number of nitrogens with one attached hydrogen (secondary N) is 2. The molecule has 2 aromatic heterocycles. The summed E-state index contributed by atoms with van der Waals surface area (Å²) in [6.45, 7) is 20.9. The minimum absolute atomic E-state index is 0.0436. The standard InChI is InChI=1S/2C28H34N2O3S/c2*1-17(2)19-6-10-21(11-7-19)25-26(22-12-8-20(9-13-22)18(3)4)30-27(29-25)34-16-23-14-28(5,32)15-24(31)33-23/h2*6-13,17-18,23,32H,14-16H2,1-5H3,(H,29,30)/t23-,28+;23-,28-/m11/s1. The number of thioether (sulfide) groups is 2. The van der Waals surface area contributed by atoms with Crippen molar-refractivity contribution in [3.8, 4) is 45.0 Å². The van der Waals surface area contributed by atoms with Gasteiger partial charge in [0.15, 0.2) is 10.3 Å². The van der Waals surface area contributed by atoms with Gasteiger partial charge in [-0.2, -0.15) is 0 Å². The fraction of sp³-hybridized carbons (Fsp3) is 0.429. The van der Waals surface area contributed by atoms with Gasteiger partial charge in [0.1, 0.15) is 12.2 Å². The van der Waals surface area contributed by atoms with Crippen LogP contribution < -0.4 is 0 Å². The average molecular weight is 957 g/mol. The molecule has 2 aliphatic rings. The number of carbonyl (C=O) groups is 2. The zero-order valence-electron chi connectivity index (χ0n) is 41.2. The Labute approximate surface area is 410 Å². The summed E-state index contributed by atoms with van der Waals surface area (Å²) in [4.78, 5) is 40.6. The molecule has 0 unspecified atom stereocenters. The molecule has 12 heteroatoms. The highest BCUT2D eigenvalue weighted by Gasteiger charge is 2.37. The van der Waals surface area contributed by atoms with Gasteiger partial charge in [-0.05, 0) is 59.8 Å². The number of hydrogen-bond acceptors (Lipinski definition) is 10. The van der Waals surface area contributed by atoms with Crippen LogP contribution in [0.1, 0.15) is 141 Å². The number of benzene rings is 4. The fourth-order valence-corrected chi connectivity index (χ4v) is 10.3. The molecule has 4 N–H and O–H groups in total. The van der Waals surface area contributed by atoms with Crippen molar-refractivity contribution >= 4 is 35.5 Å². The molecule has 0 radical (unpaired) electrons. The lowest BCUT2D eigenvalue weighted by Gasteiger charge is -2.32. The maximum atomic E-state index is 11.9. The molecule has 10 nitrogen and oxygen atoms in total. The Kier molecular flexibility index (Phi) is 16.2. The quantitative estimate of drug-likeness (QED) is 0.0614. The van der Waals surface area contributed by atoms with Gasteiger partial charge in [-0.1, -0.05) is 176 Å². The topological polar surface area (TPSA) is 150 Å². The Balaban J connectivity index is 0.000000201. The molecule has 2 saturated heterocycles. The summed E-state index contributed by atoms with van der Waals surface area (Å²) in [5.74, 6) is 2.26. The van der Waals surface area contributed by atoms with E-state index in [2.05, 4.69) is 162 Å². The average Bonchev–Trinajstić information content (AvgIpc) is 3.92. The van der Waals surface area contributed by atoms with Crippen molar-refractivity contribution < 1.29 is 29.3 Å². The molecule has 0 amide bonds. The minimum Gasteiger partial charge on any atom is -0.461 e. The summed E-state index contributed by atoms with van der Waals surface area (Å²) in [5.41, 5.74) is 11.2. The number of carbonyl (C=O) groups excluding carboxylic acids is 2. The number of aromatic nitrogens is 4. The van der Waals surface area contributed by atoms with Gasteiger partial charge in [0, 0.05) is 46.6 Å². The lowest BCUT2D eigenvalue weighted by atomic mass is 9.93. The monoisotopic (exact) mass is 956 g/mol. The fourth-order valence-electron chi connectivity index (χ4n) is 8.61. The highest BCUT2D eigenvalue weighted by Crippen LogP contribution is 2.38. The van der Waals surface area contributed by atoms with Crippen LogP contribution >= 0.6 is 23.5 Å². The van der Waals surface area contributed by atoms with Gasteiger partial charge in [0.05, 0.1) is 46.8 Å². The van der Waals surface area contributed by atoms with Crippen LogP contribution in [0, 0.1) is 0 Å². The lowest BCUT2D eigenvalue weighted by Crippen LogP contribution is -2.42. The maximum Gasteiger partial charge on any atom is 0.309 e. The zero-order chi connectivity index (χ0) is 48.9. The molecule has 4 atom stereocenters. The van der Waals surface area contributed by atoms with Gasteiger partial charge < -0.3 is 29.7 Å². The molecule has 68 heavy (non-hydrogen) atoms. The molecule has 4 heterocycles. The van der Waals surface area contributed by atoms with Gasteiger partial charge >= 0.3 is 11.9 Å². The third-order valence-corrected chi connectivity index (χ3v) is 14.6. The Hall–Kier alpha value is -5.14. The van der Waals surface area contributed by atoms with Crippen molar-refractivity contribution in [1.82, 2.24) is 19.9 Å². The predicted molar refractivity (Wildman–Crippen MR) is 276 cm³/mol. The molecule has 6 aromatic rings. The molecule has 0 spiro atoms. The zero-order valence-corrected chi connectivity index (χ0v) is 42.8. The number of hydrogen-bond donors (Lipinski definition) is 4. The number of rotatable bonds is 14. The summed E-state index contributed by atoms with van der Waals surface area (Å²) in [7, 11) is 0. The van der Waals surface area contributed by atoms with Crippen molar-refractivity contribution in [1.29, 1.82) is 0 Å². The highest BCUT2D eigenvalue weighted by atomic mass is 32.2. The Morgan fingerprint density at radius 1 is 0.515 bits per heavy atom. The van der Waals surface area contributed by atoms with Crippen molar-refractivity contribution in [3.63, 3.8) is 0 Å². The van der Waals surface area contributed by atoms with Gasteiger partial charge in [0.2, 0.25) is 0 Å². The molecule has 0 saturated carbocycles. The normalized spacial score (nSPS) is 20.7. The van der Waals surface area contributed by atoms with E-state index in [1.165, 1.54) is 45.8 Å². The molecule has 0 aliphatic carbocycles. The minimum atomic E-state index is -1.02. The van der Waals surface area contributed by atoms with E-state index in [0.717, 1.165) is 55.3 Å². The number of esters is 2. The Morgan fingerprint density at radius 3 is 1.06 bits per heavy atom. The van der Waals surface area contributed by atoms with Crippen LogP contribution in [0.15, 0.2) is 107 Å². The van der Waals surface area contributed by atoms with E-state index in [1.54, 1.807) is 13.8 Å². The van der Waals surface area contributed by atoms with Crippen molar-refractivity contribution in [2.45, 2.75) is 152 Å². The Bertz CT molecular complexity index is 2310. The largest absolute Gasteiger partial charge is 0.461 e. The second kappa shape index (κ2) is 21.7. The number of ether oxygens (including phenoxy) is 2. The molecule has 8 rings (SSSR count). The maximum absolute atomic E-state index is 11.9. The summed E-state index contributed by atoms with van der Waals surface area (Å²) in [5, 5.41) is 22.2. The number of H-pyrrole nitrogens is 2. The van der Waals surface area contributed by atoms with Crippen LogP contribution in [-0.2, 0) is 19.1 Å². The van der Waals surface area contributed by atoms with Gasteiger partial charge in [0.25, 0.3) is 0 Å². The third-order valence-electron chi connectivity index (χ3n) is 12.6. The van der Waals surface area contributed by atoms with E-state index in [9.17, 15) is 19.8 Å². The molecule has 0 bridgehead atoms. The number of imidazole rings is 2. The number of nitrogens with zero attached hydrogens (tertiary/aromatic N) is 2. The number of cyclic esters (lactones) is 2. The lowest BCUT2D eigenvalue weighted by molar-refractivity contribution is -0.167. The van der Waals surface area contributed by atoms with Crippen LogP contribution in [0.3, 0.4) is 0 Å². The van der Waals surface area contributed by atoms with Crippen LogP contribution in [0.5, 0.6) is 0 Å². The molecule has 4 aromatic carbocycles. The van der Waals surface area contributed by atoms with E-state index in [-0.39, 0.29) is 37.0 Å². The molecular weight excluding hydrogens is 889 g/mol. The SMILES string of the molecule is CC(C)c1ccc(-c2nc(SC[C@H]3C[C@@](C)(O)CC(=O)O3)[nH]c2-c2ccc(C(C)C)cc2)cc1.CC(C)c1ccc(-c2nc(SC[C@H]3C[C@](C)(O)CC(=O)O3)[nH]c2-c2ccc(C(C)C)cc2)cc1. The summed E-state index contributed by atoms with van der Waals surface area (Å²) < 4.78 is 10.9. The van der Waals surface area contributed by atoms with E-state index < -0.39 is 11.2 Å². The molecule has 2 fully saturated rings. The second-order valence-corrected chi connectivity index (χ2v) is 22.3. The molecule has 360 valence electrons. The Morgan fingerprint density at radius 2 is 0.794 bits per heavy atom. The summed E-state index contributed by atoms with van der Waals surface area (Å²) in [6, 6.07) is 34.4. The number of aromatic amines is 2.